The first-order valence-electron chi connectivity index (χ1n) is 3.25. The van der Waals surface area contributed by atoms with Crippen LogP contribution in [0.1, 0.15) is 0 Å². The maximum Gasteiger partial charge on any atom is 0.631 e. The van der Waals surface area contributed by atoms with Gasteiger partial charge in [-0.3, -0.25) is 0 Å². The van der Waals surface area contributed by atoms with Gasteiger partial charge in [0.05, 0.1) is 5.69 Å². The molecule has 0 heterocycles. The van der Waals surface area contributed by atoms with Crippen molar-refractivity contribution in [3.63, 3.8) is 0 Å². The van der Waals surface area contributed by atoms with Crippen LogP contribution in [0.25, 0.3) is 0 Å². The molecular weight excluding hydrogens is 177 g/mol. The van der Waals surface area contributed by atoms with Gasteiger partial charge in [-0.2, -0.15) is 0 Å². The van der Waals surface area contributed by atoms with Crippen molar-refractivity contribution in [1.29, 1.82) is 0 Å². The first-order chi connectivity index (χ1) is 5.95. The number of phenols is 2. The van der Waals surface area contributed by atoms with E-state index in [0.29, 0.717) is 0 Å². The molecule has 0 aliphatic heterocycles. The van der Waals surface area contributed by atoms with Crippen LogP contribution in [0.15, 0.2) is 18.2 Å². The van der Waals surface area contributed by atoms with E-state index in [1.54, 1.807) is 6.07 Å². The van der Waals surface area contributed by atoms with Gasteiger partial charge in [0.25, 0.3) is 0 Å². The van der Waals surface area contributed by atoms with Crippen LogP contribution in [-0.2, 0) is 0 Å². The molecule has 7 N–H and O–H groups in total. The van der Waals surface area contributed by atoms with E-state index in [1.807, 2.05) is 0 Å². The Bertz CT molecular complexity index is 244. The van der Waals surface area contributed by atoms with Crippen molar-refractivity contribution in [2.45, 2.75) is 0 Å². The van der Waals surface area contributed by atoms with Gasteiger partial charge in [0.2, 0.25) is 0 Å². The molecule has 0 spiro atoms. The van der Waals surface area contributed by atoms with Crippen molar-refractivity contribution in [3.8, 4) is 11.5 Å². The SMILES string of the molecule is Nc1cccc(O)c1O.OB(O)O. The highest BCUT2D eigenvalue weighted by atomic mass is 16.5. The number of nitrogen functional groups attached to an aromatic ring is 1. The number of hydrogen-bond acceptors (Lipinski definition) is 6. The van der Waals surface area contributed by atoms with Gasteiger partial charge >= 0.3 is 7.32 Å². The molecule has 0 saturated heterocycles. The maximum atomic E-state index is 8.83. The lowest BCUT2D eigenvalue weighted by molar-refractivity contribution is 0.278. The summed E-state index contributed by atoms with van der Waals surface area (Å²) in [7, 11) is -2.17. The zero-order valence-electron chi connectivity index (χ0n) is 6.62. The predicted octanol–water partition coefficient (Wildman–Crippen LogP) is -1.37. The van der Waals surface area contributed by atoms with E-state index in [0.717, 1.165) is 0 Å². The van der Waals surface area contributed by atoms with Crippen molar-refractivity contribution in [2.24, 2.45) is 0 Å². The Hall–Kier alpha value is -1.44. The first kappa shape index (κ1) is 11.6. The van der Waals surface area contributed by atoms with E-state index in [2.05, 4.69) is 0 Å². The molecule has 0 aromatic heterocycles. The number of phenolic OH excluding ortho intramolecular Hbond substituents is 2. The van der Waals surface area contributed by atoms with E-state index in [-0.39, 0.29) is 17.2 Å². The number of benzene rings is 1. The number of anilines is 1. The molecule has 0 amide bonds. The summed E-state index contributed by atoms with van der Waals surface area (Å²) < 4.78 is 0. The first-order valence-corrected chi connectivity index (χ1v) is 3.25. The lowest BCUT2D eigenvalue weighted by atomic mass is 10.3. The fraction of sp³-hybridized carbons (Fsp3) is 0. The Morgan fingerprint density at radius 2 is 1.54 bits per heavy atom. The van der Waals surface area contributed by atoms with Crippen LogP contribution in [0.5, 0.6) is 11.5 Å². The van der Waals surface area contributed by atoms with E-state index in [9.17, 15) is 0 Å². The van der Waals surface area contributed by atoms with Gasteiger partial charge in [-0.15, -0.1) is 0 Å². The lowest BCUT2D eigenvalue weighted by Gasteiger charge is -1.97. The zero-order chi connectivity index (χ0) is 10.4. The smallest absolute Gasteiger partial charge is 0.504 e. The normalized spacial score (nSPS) is 8.54. The third-order valence-corrected chi connectivity index (χ3v) is 1.05. The maximum absolute atomic E-state index is 8.83. The van der Waals surface area contributed by atoms with Crippen LogP contribution in [0.4, 0.5) is 5.69 Å². The summed E-state index contributed by atoms with van der Waals surface area (Å²) in [5.41, 5.74) is 5.40. The van der Waals surface area contributed by atoms with Gasteiger partial charge in [-0.25, -0.2) is 0 Å². The second kappa shape index (κ2) is 5.25. The molecule has 0 fully saturated rings. The monoisotopic (exact) mass is 187 g/mol. The topological polar surface area (TPSA) is 127 Å². The van der Waals surface area contributed by atoms with Crippen molar-refractivity contribution in [2.75, 3.05) is 5.73 Å². The molecule has 0 atom stereocenters. The average Bonchev–Trinajstić information content (AvgIpc) is 1.99. The Morgan fingerprint density at radius 3 is 1.85 bits per heavy atom. The minimum absolute atomic E-state index is 0.185. The van der Waals surface area contributed by atoms with Crippen molar-refractivity contribution < 1.29 is 25.3 Å². The quantitative estimate of drug-likeness (QED) is 0.169. The Kier molecular flexibility index (Phi) is 4.67. The molecule has 13 heavy (non-hydrogen) atoms. The van der Waals surface area contributed by atoms with E-state index in [1.165, 1.54) is 12.1 Å². The van der Waals surface area contributed by atoms with Crippen LogP contribution in [0.2, 0.25) is 0 Å². The third kappa shape index (κ3) is 4.91. The third-order valence-electron chi connectivity index (χ3n) is 1.05. The van der Waals surface area contributed by atoms with Crippen LogP contribution in [0.3, 0.4) is 0 Å². The molecule has 0 aliphatic rings. The molecule has 1 aromatic rings. The fourth-order valence-electron chi connectivity index (χ4n) is 0.549. The van der Waals surface area contributed by atoms with Crippen molar-refractivity contribution in [1.82, 2.24) is 0 Å². The fourth-order valence-corrected chi connectivity index (χ4v) is 0.549. The second-order valence-electron chi connectivity index (χ2n) is 2.06. The summed E-state index contributed by atoms with van der Waals surface area (Å²) in [5, 5.41) is 39.1. The Morgan fingerprint density at radius 1 is 1.08 bits per heavy atom. The molecule has 1 aromatic carbocycles. The van der Waals surface area contributed by atoms with Gasteiger partial charge < -0.3 is 31.0 Å². The molecule has 6 nitrogen and oxygen atoms in total. The average molecular weight is 187 g/mol. The van der Waals surface area contributed by atoms with Gasteiger partial charge in [0.15, 0.2) is 11.5 Å². The molecule has 1 rings (SSSR count). The minimum Gasteiger partial charge on any atom is -0.504 e. The Labute approximate surface area is 74.7 Å². The largest absolute Gasteiger partial charge is 0.631 e. The van der Waals surface area contributed by atoms with Gasteiger partial charge in [0, 0.05) is 0 Å². The molecule has 0 unspecified atom stereocenters. The molecular formula is C6H10BNO5. The van der Waals surface area contributed by atoms with Crippen LogP contribution in [-0.4, -0.2) is 32.6 Å². The number of para-hydroxylation sites is 1. The molecule has 0 bridgehead atoms. The van der Waals surface area contributed by atoms with Crippen LogP contribution >= 0.6 is 0 Å². The molecule has 0 aliphatic carbocycles. The van der Waals surface area contributed by atoms with E-state index < -0.39 is 7.32 Å². The van der Waals surface area contributed by atoms with E-state index >= 15 is 0 Å². The van der Waals surface area contributed by atoms with Crippen LogP contribution < -0.4 is 5.73 Å². The van der Waals surface area contributed by atoms with Crippen LogP contribution in [0, 0.1) is 0 Å². The molecule has 0 saturated carbocycles. The Balaban J connectivity index is 0.000000310. The lowest BCUT2D eigenvalue weighted by Crippen LogP contribution is -2.07. The number of rotatable bonds is 0. The molecule has 72 valence electrons. The summed E-state index contributed by atoms with van der Waals surface area (Å²) in [4.78, 5) is 0. The van der Waals surface area contributed by atoms with Gasteiger partial charge in [0.1, 0.15) is 0 Å². The van der Waals surface area contributed by atoms with Gasteiger partial charge in [-0.1, -0.05) is 6.07 Å². The zero-order valence-corrected chi connectivity index (χ0v) is 6.62. The highest BCUT2D eigenvalue weighted by Gasteiger charge is 1.98. The summed E-state index contributed by atoms with van der Waals surface area (Å²) in [6.45, 7) is 0. The van der Waals surface area contributed by atoms with E-state index in [4.69, 9.17) is 31.0 Å². The minimum atomic E-state index is -2.17. The van der Waals surface area contributed by atoms with Crippen molar-refractivity contribution in [3.05, 3.63) is 18.2 Å². The summed E-state index contributed by atoms with van der Waals surface area (Å²) >= 11 is 0. The highest BCUT2D eigenvalue weighted by molar-refractivity contribution is 6.30. The summed E-state index contributed by atoms with van der Waals surface area (Å²) in [5.74, 6) is -0.437. The number of aromatic hydroxyl groups is 2. The predicted molar refractivity (Wildman–Crippen MR) is 46.6 cm³/mol. The van der Waals surface area contributed by atoms with Crippen molar-refractivity contribution >= 4 is 13.0 Å². The highest BCUT2D eigenvalue weighted by Crippen LogP contribution is 2.29. The standard InChI is InChI=1S/C6H7NO2.BH3O3/c7-4-2-1-3-5(8)6(4)9;2-1(3)4/h1-3,8-9H,7H2;2-4H. The second-order valence-corrected chi connectivity index (χ2v) is 2.06. The molecule has 0 radical (unpaired) electrons. The summed E-state index contributed by atoms with van der Waals surface area (Å²) in [6.07, 6.45) is 0. The summed E-state index contributed by atoms with van der Waals surface area (Å²) in [6, 6.07) is 4.44. The number of hydrogen-bond donors (Lipinski definition) is 6. The van der Waals surface area contributed by atoms with Gasteiger partial charge in [-0.05, 0) is 12.1 Å². The number of nitrogens with two attached hydrogens (primary N) is 1. The molecule has 7 heteroatoms.